The van der Waals surface area contributed by atoms with E-state index in [0.717, 1.165) is 86.5 Å². The smallest absolute Gasteiger partial charge is 0.161 e. The topological polar surface area (TPSA) is 149 Å². The number of nitrogens with two attached hydrogens (primary N) is 1. The van der Waals surface area contributed by atoms with Gasteiger partial charge in [0.25, 0.3) is 0 Å². The molecular formula is C34H54N4O5. The van der Waals surface area contributed by atoms with Gasteiger partial charge in [-0.25, -0.2) is 0 Å². The number of aliphatic hydroxyl groups is 2. The summed E-state index contributed by atoms with van der Waals surface area (Å²) < 4.78 is 12.3. The normalized spacial score (nSPS) is 13.7. The van der Waals surface area contributed by atoms with Crippen molar-refractivity contribution in [3.8, 4) is 11.5 Å². The van der Waals surface area contributed by atoms with Gasteiger partial charge in [-0.3, -0.25) is 0 Å². The Morgan fingerprint density at radius 3 is 2.53 bits per heavy atom. The molecule has 0 spiro atoms. The van der Waals surface area contributed by atoms with Gasteiger partial charge in [-0.15, -0.1) is 0 Å². The van der Waals surface area contributed by atoms with E-state index < -0.39 is 0 Å². The molecule has 0 saturated carbocycles. The van der Waals surface area contributed by atoms with Crippen molar-refractivity contribution in [3.05, 3.63) is 70.4 Å². The molecule has 0 amide bonds. The summed E-state index contributed by atoms with van der Waals surface area (Å²) in [5, 5.41) is 36.6. The number of hydrogen-bond acceptors (Lipinski definition) is 8. The Hall–Kier alpha value is -2.82. The number of ether oxygens (including phenoxy) is 1. The number of aliphatic hydroxyl groups excluding tert-OH is 2. The highest BCUT2D eigenvalue weighted by Gasteiger charge is 2.17. The highest BCUT2D eigenvalue weighted by molar-refractivity contribution is 5.42. The molecule has 43 heavy (non-hydrogen) atoms. The third-order valence-electron chi connectivity index (χ3n) is 7.83. The Labute approximate surface area is 257 Å². The summed E-state index contributed by atoms with van der Waals surface area (Å²) in [6.45, 7) is 9.20. The van der Waals surface area contributed by atoms with Gasteiger partial charge >= 0.3 is 0 Å². The lowest BCUT2D eigenvalue weighted by atomic mass is 10.0. The first-order valence-electron chi connectivity index (χ1n) is 16.0. The minimum absolute atomic E-state index is 0.0166. The number of rotatable bonds is 22. The third kappa shape index (κ3) is 11.7. The van der Waals surface area contributed by atoms with Gasteiger partial charge in [-0.2, -0.15) is 0 Å². The molecular weight excluding hydrogens is 544 g/mol. The van der Waals surface area contributed by atoms with E-state index in [2.05, 4.69) is 35.5 Å². The molecule has 2 aromatic heterocycles. The molecule has 3 aromatic rings. The first-order valence-corrected chi connectivity index (χ1v) is 16.0. The Morgan fingerprint density at radius 2 is 1.79 bits per heavy atom. The predicted octanol–water partition coefficient (Wildman–Crippen LogP) is 4.85. The first kappa shape index (κ1) is 34.7. The van der Waals surface area contributed by atoms with Gasteiger partial charge in [0.15, 0.2) is 11.5 Å². The number of likely N-dealkylation sites (N-methyl/N-ethyl adjacent to an activating group) is 1. The molecule has 1 aromatic carbocycles. The second kappa shape index (κ2) is 18.8. The van der Waals surface area contributed by atoms with Gasteiger partial charge in [0.2, 0.25) is 0 Å². The minimum atomic E-state index is -0.368. The average Bonchev–Trinajstić information content (AvgIpc) is 3.64. The highest BCUT2D eigenvalue weighted by Crippen LogP contribution is 2.29. The fourth-order valence-electron chi connectivity index (χ4n) is 5.27. The number of hydrogen-bond donors (Lipinski definition) is 7. The number of H-pyrrole nitrogens is 1. The molecule has 0 saturated heterocycles. The predicted molar refractivity (Wildman–Crippen MR) is 172 cm³/mol. The van der Waals surface area contributed by atoms with Crippen molar-refractivity contribution in [1.82, 2.24) is 15.6 Å². The highest BCUT2D eigenvalue weighted by atomic mass is 16.5. The Morgan fingerprint density at radius 1 is 1.00 bits per heavy atom. The quantitative estimate of drug-likeness (QED) is 0.0812. The number of benzene rings is 1. The van der Waals surface area contributed by atoms with Crippen LogP contribution in [0.15, 0.2) is 40.9 Å². The number of furan rings is 1. The zero-order valence-corrected chi connectivity index (χ0v) is 26.3. The minimum Gasteiger partial charge on any atom is -0.504 e. The van der Waals surface area contributed by atoms with Gasteiger partial charge in [0.05, 0.1) is 18.8 Å². The zero-order valence-electron chi connectivity index (χ0n) is 26.3. The molecule has 0 aliphatic heterocycles. The number of unbranched alkanes of at least 4 members (excludes halogenated alkanes) is 4. The molecule has 3 atom stereocenters. The SMILES string of the molecule is CCN[C@@H](COc1cc(CCc2cc(CO)c(CCCCCCCN)o2)ccc1O)c1cc([C@H](C)CNC[C@H](C)O)c[nH]1. The number of aromatic nitrogens is 1. The van der Waals surface area contributed by atoms with Crippen LogP contribution in [0.3, 0.4) is 0 Å². The van der Waals surface area contributed by atoms with Crippen LogP contribution in [0.4, 0.5) is 0 Å². The molecule has 2 heterocycles. The summed E-state index contributed by atoms with van der Waals surface area (Å²) in [6.07, 6.45) is 9.51. The van der Waals surface area contributed by atoms with E-state index in [1.807, 2.05) is 24.4 Å². The fraction of sp³-hybridized carbons (Fsp3) is 0.588. The monoisotopic (exact) mass is 598 g/mol. The maximum Gasteiger partial charge on any atom is 0.161 e. The van der Waals surface area contributed by atoms with Crippen LogP contribution in [0, 0.1) is 0 Å². The number of aryl methyl sites for hydroxylation is 3. The molecule has 3 rings (SSSR count). The molecule has 9 heteroatoms. The van der Waals surface area contributed by atoms with E-state index in [4.69, 9.17) is 14.9 Å². The van der Waals surface area contributed by atoms with Crippen LogP contribution in [0.2, 0.25) is 0 Å². The molecule has 0 radical (unpaired) electrons. The summed E-state index contributed by atoms with van der Waals surface area (Å²) in [6, 6.07) is 9.54. The standard InChI is InChI=1S/C34H54N4O5/c1-4-37-31(30-18-27(21-38-30)24(2)19-36-20-25(3)40)23-42-34-16-26(12-14-32(34)41)11-13-29-17-28(22-39)33(43-29)10-8-6-5-7-9-15-35/h12,14,16-18,21,24-25,31,36-41H,4-11,13,15,19-20,22-23,35H2,1-3H3/t24-,25+,31+/m1/s1. The van der Waals surface area contributed by atoms with Crippen LogP contribution in [0.1, 0.15) is 98.7 Å². The van der Waals surface area contributed by atoms with Gasteiger partial charge < -0.3 is 45.8 Å². The van der Waals surface area contributed by atoms with E-state index in [9.17, 15) is 15.3 Å². The summed E-state index contributed by atoms with van der Waals surface area (Å²) in [7, 11) is 0. The van der Waals surface area contributed by atoms with Crippen LogP contribution >= 0.6 is 0 Å². The molecule has 0 aliphatic rings. The largest absolute Gasteiger partial charge is 0.504 e. The third-order valence-corrected chi connectivity index (χ3v) is 7.83. The summed E-state index contributed by atoms with van der Waals surface area (Å²) in [4.78, 5) is 3.39. The second-order valence-corrected chi connectivity index (χ2v) is 11.6. The van der Waals surface area contributed by atoms with Crippen LogP contribution in [0.5, 0.6) is 11.5 Å². The summed E-state index contributed by atoms with van der Waals surface area (Å²) in [5.41, 5.74) is 9.70. The summed E-state index contributed by atoms with van der Waals surface area (Å²) in [5.74, 6) is 2.60. The Bertz CT molecular complexity index is 1190. The molecule has 9 nitrogen and oxygen atoms in total. The molecule has 0 fully saturated rings. The van der Waals surface area contributed by atoms with Crippen molar-refractivity contribution in [2.45, 2.75) is 96.8 Å². The van der Waals surface area contributed by atoms with Gasteiger partial charge in [0, 0.05) is 43.4 Å². The maximum atomic E-state index is 10.5. The number of phenols is 1. The molecule has 0 unspecified atom stereocenters. The number of aromatic amines is 1. The zero-order chi connectivity index (χ0) is 31.0. The van der Waals surface area contributed by atoms with E-state index in [-0.39, 0.29) is 30.4 Å². The molecule has 8 N–H and O–H groups in total. The lowest BCUT2D eigenvalue weighted by molar-refractivity contribution is 0.191. The number of phenolic OH excluding ortho intramolecular Hbond substituents is 1. The van der Waals surface area contributed by atoms with Crippen LogP contribution in [-0.2, 0) is 25.9 Å². The van der Waals surface area contributed by atoms with Crippen molar-refractivity contribution in [3.63, 3.8) is 0 Å². The number of nitrogens with one attached hydrogen (secondary N) is 3. The van der Waals surface area contributed by atoms with Crippen LogP contribution in [-0.4, -0.2) is 59.2 Å². The average molecular weight is 599 g/mol. The van der Waals surface area contributed by atoms with Crippen molar-refractivity contribution in [2.24, 2.45) is 5.73 Å². The van der Waals surface area contributed by atoms with Gasteiger partial charge in [-0.1, -0.05) is 39.2 Å². The van der Waals surface area contributed by atoms with E-state index in [1.54, 1.807) is 13.0 Å². The van der Waals surface area contributed by atoms with Crippen molar-refractivity contribution >= 4 is 0 Å². The fourth-order valence-corrected chi connectivity index (χ4v) is 5.27. The Balaban J connectivity index is 1.55. The Kier molecular flexibility index (Phi) is 15.1. The molecule has 240 valence electrons. The van der Waals surface area contributed by atoms with E-state index >= 15 is 0 Å². The van der Waals surface area contributed by atoms with Crippen molar-refractivity contribution < 1.29 is 24.5 Å². The molecule has 0 bridgehead atoms. The lowest BCUT2D eigenvalue weighted by Crippen LogP contribution is -2.28. The second-order valence-electron chi connectivity index (χ2n) is 11.6. The van der Waals surface area contributed by atoms with Crippen molar-refractivity contribution in [2.75, 3.05) is 32.8 Å². The van der Waals surface area contributed by atoms with Crippen molar-refractivity contribution in [1.29, 1.82) is 0 Å². The lowest BCUT2D eigenvalue weighted by Gasteiger charge is -2.18. The van der Waals surface area contributed by atoms with Crippen LogP contribution < -0.4 is 21.1 Å². The summed E-state index contributed by atoms with van der Waals surface area (Å²) >= 11 is 0. The maximum absolute atomic E-state index is 10.5. The van der Waals surface area contributed by atoms with E-state index in [1.165, 1.54) is 12.0 Å². The van der Waals surface area contributed by atoms with Crippen LogP contribution in [0.25, 0.3) is 0 Å². The number of aromatic hydroxyl groups is 1. The van der Waals surface area contributed by atoms with Gasteiger partial charge in [-0.05, 0) is 80.6 Å². The first-order chi connectivity index (χ1) is 20.8. The molecule has 0 aliphatic carbocycles. The van der Waals surface area contributed by atoms with E-state index in [0.29, 0.717) is 25.3 Å². The van der Waals surface area contributed by atoms with Gasteiger partial charge in [0.1, 0.15) is 18.1 Å².